The molecule has 0 fully saturated rings. The molecule has 1 heteroatoms. The number of hydrogen-bond donors (Lipinski definition) is 0. The monoisotopic (exact) mass is 164 g/mol. The van der Waals surface area contributed by atoms with E-state index in [1.165, 1.54) is 11.3 Å². The minimum atomic E-state index is 0.714. The number of benzene rings is 1. The van der Waals surface area contributed by atoms with Gasteiger partial charge in [-0.15, -0.1) is 11.8 Å². The predicted molar refractivity (Wildman–Crippen MR) is 50.9 cm³/mol. The molecule has 1 aliphatic rings. The Labute approximate surface area is 72.0 Å². The van der Waals surface area contributed by atoms with E-state index >= 15 is 0 Å². The fourth-order valence-electron chi connectivity index (χ4n) is 1.75. The molecule has 0 saturated carbocycles. The molecule has 1 aromatic rings. The van der Waals surface area contributed by atoms with Gasteiger partial charge in [-0.1, -0.05) is 18.2 Å². The molecule has 1 aromatic carbocycles. The van der Waals surface area contributed by atoms with Crippen LogP contribution in [-0.4, -0.2) is 0 Å². The largest absolute Gasteiger partial charge is 0.149 e. The molecule has 1 aliphatic heterocycles. The molecule has 0 aromatic heterocycles. The van der Waals surface area contributed by atoms with Crippen LogP contribution in [0.2, 0.25) is 0 Å². The molecule has 1 atom stereocenters. The zero-order valence-corrected chi connectivity index (χ0v) is 7.74. The van der Waals surface area contributed by atoms with Crippen molar-refractivity contribution in [3.05, 3.63) is 34.9 Å². The Morgan fingerprint density at radius 1 is 1.45 bits per heavy atom. The van der Waals surface area contributed by atoms with Crippen molar-refractivity contribution < 1.29 is 0 Å². The van der Waals surface area contributed by atoms with Crippen molar-refractivity contribution in [1.29, 1.82) is 0 Å². The van der Waals surface area contributed by atoms with Gasteiger partial charge in [0, 0.05) is 11.0 Å². The third-order valence-corrected chi connectivity index (χ3v) is 3.52. The average Bonchev–Trinajstić information content (AvgIpc) is 2.34. The Morgan fingerprint density at radius 2 is 2.27 bits per heavy atom. The number of hydrogen-bond acceptors (Lipinski definition) is 1. The molecular formula is C10H12S. The van der Waals surface area contributed by atoms with E-state index in [0.29, 0.717) is 5.25 Å². The summed E-state index contributed by atoms with van der Waals surface area (Å²) in [6.45, 7) is 4.50. The summed E-state index contributed by atoms with van der Waals surface area (Å²) in [7, 11) is 0. The van der Waals surface area contributed by atoms with Crippen LogP contribution in [0.5, 0.6) is 0 Å². The van der Waals surface area contributed by atoms with Crippen LogP contribution in [0.1, 0.15) is 28.9 Å². The van der Waals surface area contributed by atoms with Gasteiger partial charge < -0.3 is 0 Å². The summed E-state index contributed by atoms with van der Waals surface area (Å²) < 4.78 is 0. The molecule has 0 radical (unpaired) electrons. The lowest BCUT2D eigenvalue weighted by Crippen LogP contribution is -1.88. The number of rotatable bonds is 0. The van der Waals surface area contributed by atoms with Gasteiger partial charge >= 0.3 is 0 Å². The van der Waals surface area contributed by atoms with E-state index < -0.39 is 0 Å². The Hall–Kier alpha value is -0.430. The second-order valence-corrected chi connectivity index (χ2v) is 4.43. The molecule has 0 saturated heterocycles. The van der Waals surface area contributed by atoms with Crippen LogP contribution in [0.4, 0.5) is 0 Å². The maximum absolute atomic E-state index is 2.30. The average molecular weight is 164 g/mol. The normalized spacial score (nSPS) is 21.8. The highest BCUT2D eigenvalue weighted by molar-refractivity contribution is 7.99. The van der Waals surface area contributed by atoms with E-state index in [2.05, 4.69) is 32.0 Å². The van der Waals surface area contributed by atoms with Crippen molar-refractivity contribution >= 4 is 11.8 Å². The van der Waals surface area contributed by atoms with Gasteiger partial charge in [-0.3, -0.25) is 0 Å². The Balaban J connectivity index is 2.58. The molecule has 0 bridgehead atoms. The highest BCUT2D eigenvalue weighted by atomic mass is 32.2. The molecule has 0 nitrogen and oxygen atoms in total. The molecule has 0 spiro atoms. The third kappa shape index (κ3) is 1.08. The zero-order chi connectivity index (χ0) is 7.84. The highest BCUT2D eigenvalue weighted by Gasteiger charge is 2.19. The Morgan fingerprint density at radius 3 is 3.00 bits per heavy atom. The Kier molecular flexibility index (Phi) is 1.68. The van der Waals surface area contributed by atoms with Crippen LogP contribution in [0.15, 0.2) is 18.2 Å². The highest BCUT2D eigenvalue weighted by Crippen LogP contribution is 2.42. The van der Waals surface area contributed by atoms with Crippen LogP contribution in [0.3, 0.4) is 0 Å². The van der Waals surface area contributed by atoms with Gasteiger partial charge in [-0.25, -0.2) is 0 Å². The van der Waals surface area contributed by atoms with E-state index in [0.717, 1.165) is 0 Å². The summed E-state index contributed by atoms with van der Waals surface area (Å²) in [6, 6.07) is 6.62. The van der Waals surface area contributed by atoms with Crippen LogP contribution in [-0.2, 0) is 5.75 Å². The van der Waals surface area contributed by atoms with Crippen molar-refractivity contribution in [2.75, 3.05) is 0 Å². The maximum Gasteiger partial charge on any atom is 0.0278 e. The first-order valence-electron chi connectivity index (χ1n) is 3.99. The standard InChI is InChI=1S/C10H12S/c1-7-4-3-5-9-6-11-8(2)10(7)9/h3-5,8H,6H2,1-2H3. The molecule has 58 valence electrons. The molecule has 11 heavy (non-hydrogen) atoms. The number of fused-ring (bicyclic) bond motifs is 1. The van der Waals surface area contributed by atoms with E-state index in [-0.39, 0.29) is 0 Å². The first-order valence-corrected chi connectivity index (χ1v) is 5.04. The van der Waals surface area contributed by atoms with Crippen molar-refractivity contribution in [2.24, 2.45) is 0 Å². The second-order valence-electron chi connectivity index (χ2n) is 3.10. The second kappa shape index (κ2) is 2.56. The minimum Gasteiger partial charge on any atom is -0.149 e. The fourth-order valence-corrected chi connectivity index (χ4v) is 2.93. The topological polar surface area (TPSA) is 0 Å². The summed E-state index contributed by atoms with van der Waals surface area (Å²) in [6.07, 6.45) is 0. The van der Waals surface area contributed by atoms with E-state index in [1.807, 2.05) is 11.8 Å². The third-order valence-electron chi connectivity index (χ3n) is 2.31. The summed E-state index contributed by atoms with van der Waals surface area (Å²) in [5.74, 6) is 1.21. The van der Waals surface area contributed by atoms with E-state index in [1.54, 1.807) is 11.1 Å². The molecular weight excluding hydrogens is 152 g/mol. The summed E-state index contributed by atoms with van der Waals surface area (Å²) in [4.78, 5) is 0. The van der Waals surface area contributed by atoms with Crippen LogP contribution >= 0.6 is 11.8 Å². The quantitative estimate of drug-likeness (QED) is 0.567. The molecule has 1 unspecified atom stereocenters. The lowest BCUT2D eigenvalue weighted by Gasteiger charge is -2.06. The van der Waals surface area contributed by atoms with Gasteiger partial charge in [-0.05, 0) is 30.5 Å². The van der Waals surface area contributed by atoms with Gasteiger partial charge in [0.25, 0.3) is 0 Å². The smallest absolute Gasteiger partial charge is 0.0278 e. The van der Waals surface area contributed by atoms with Crippen molar-refractivity contribution in [3.8, 4) is 0 Å². The molecule has 1 heterocycles. The van der Waals surface area contributed by atoms with Crippen LogP contribution in [0, 0.1) is 6.92 Å². The molecule has 0 N–H and O–H groups in total. The number of thioether (sulfide) groups is 1. The van der Waals surface area contributed by atoms with Gasteiger partial charge in [0.15, 0.2) is 0 Å². The number of aryl methyl sites for hydroxylation is 1. The molecule has 2 rings (SSSR count). The van der Waals surface area contributed by atoms with E-state index in [4.69, 9.17) is 0 Å². The lowest BCUT2D eigenvalue weighted by atomic mass is 10.0. The van der Waals surface area contributed by atoms with E-state index in [9.17, 15) is 0 Å². The van der Waals surface area contributed by atoms with Gasteiger partial charge in [0.05, 0.1) is 0 Å². The van der Waals surface area contributed by atoms with Crippen molar-refractivity contribution in [3.63, 3.8) is 0 Å². The minimum absolute atomic E-state index is 0.714. The first kappa shape index (κ1) is 7.23. The van der Waals surface area contributed by atoms with Gasteiger partial charge in [0.1, 0.15) is 0 Å². The fraction of sp³-hybridized carbons (Fsp3) is 0.400. The molecule has 0 amide bonds. The first-order chi connectivity index (χ1) is 5.29. The van der Waals surface area contributed by atoms with Crippen LogP contribution < -0.4 is 0 Å². The predicted octanol–water partition coefficient (Wildman–Crippen LogP) is 3.30. The zero-order valence-electron chi connectivity index (χ0n) is 6.92. The van der Waals surface area contributed by atoms with Gasteiger partial charge in [0.2, 0.25) is 0 Å². The molecule has 0 aliphatic carbocycles. The lowest BCUT2D eigenvalue weighted by molar-refractivity contribution is 1.08. The van der Waals surface area contributed by atoms with Gasteiger partial charge in [-0.2, -0.15) is 0 Å². The Bertz CT molecular complexity index is 278. The maximum atomic E-state index is 2.30. The summed E-state index contributed by atoms with van der Waals surface area (Å²) in [5.41, 5.74) is 4.58. The summed E-state index contributed by atoms with van der Waals surface area (Å²) >= 11 is 2.04. The van der Waals surface area contributed by atoms with Crippen LogP contribution in [0.25, 0.3) is 0 Å². The van der Waals surface area contributed by atoms with Crippen molar-refractivity contribution in [2.45, 2.75) is 24.9 Å². The summed E-state index contributed by atoms with van der Waals surface area (Å²) in [5, 5.41) is 0.714. The van der Waals surface area contributed by atoms with Crippen molar-refractivity contribution in [1.82, 2.24) is 0 Å². The SMILES string of the molecule is Cc1cccc2c1C(C)SC2.